The maximum atomic E-state index is 11.7. The third-order valence-corrected chi connectivity index (χ3v) is 4.35. The highest BCUT2D eigenvalue weighted by atomic mass is 32.2. The predicted octanol–water partition coefficient (Wildman–Crippen LogP) is -0.191. The molecule has 124 valence electrons. The number of carbonyl (C=O) groups excluding carboxylic acids is 1. The van der Waals surface area contributed by atoms with Gasteiger partial charge in [-0.25, -0.2) is 0 Å². The Hall–Kier alpha value is -0.380. The Balaban J connectivity index is 2.36. The molecule has 21 heavy (non-hydrogen) atoms. The second-order valence-electron chi connectivity index (χ2n) is 5.09. The fraction of sp³-hybridized carbons (Fsp3) is 0.923. The van der Waals surface area contributed by atoms with E-state index in [-0.39, 0.29) is 5.24 Å². The number of hydrogen-bond donors (Lipinski definition) is 5. The van der Waals surface area contributed by atoms with Crippen molar-refractivity contribution in [3.8, 4) is 0 Å². The summed E-state index contributed by atoms with van der Waals surface area (Å²) < 4.78 is 5.24. The lowest BCUT2D eigenvalue weighted by molar-refractivity contribution is -0.205. The van der Waals surface area contributed by atoms with E-state index in [1.807, 2.05) is 0 Å². The number of aliphatic hydroxyl groups excluding tert-OH is 4. The Morgan fingerprint density at radius 2 is 1.86 bits per heavy atom. The summed E-state index contributed by atoms with van der Waals surface area (Å²) in [7, 11) is 0. The Kier molecular flexibility index (Phi) is 8.53. The number of amides is 1. The van der Waals surface area contributed by atoms with Crippen LogP contribution in [0.25, 0.3) is 0 Å². The van der Waals surface area contributed by atoms with Gasteiger partial charge in [0, 0.05) is 6.54 Å². The van der Waals surface area contributed by atoms with Crippen LogP contribution in [0.2, 0.25) is 0 Å². The van der Waals surface area contributed by atoms with Crippen molar-refractivity contribution in [2.45, 2.75) is 62.5 Å². The first-order chi connectivity index (χ1) is 10.0. The van der Waals surface area contributed by atoms with E-state index in [1.54, 1.807) is 0 Å². The smallest absolute Gasteiger partial charge is 0.281 e. The van der Waals surface area contributed by atoms with Gasteiger partial charge in [-0.05, 0) is 18.2 Å². The third kappa shape index (κ3) is 5.72. The van der Waals surface area contributed by atoms with Gasteiger partial charge < -0.3 is 30.5 Å². The summed E-state index contributed by atoms with van der Waals surface area (Å²) in [6.07, 6.45) is -1.07. The van der Waals surface area contributed by atoms with Crippen molar-refractivity contribution in [2.75, 3.05) is 13.2 Å². The van der Waals surface area contributed by atoms with E-state index in [9.17, 15) is 20.1 Å². The topological polar surface area (TPSA) is 119 Å². The molecule has 1 saturated heterocycles. The fourth-order valence-electron chi connectivity index (χ4n) is 2.05. The molecule has 0 radical (unpaired) electrons. The van der Waals surface area contributed by atoms with E-state index in [1.165, 1.54) is 0 Å². The molecule has 0 aromatic heterocycles. The monoisotopic (exact) mass is 323 g/mol. The molecule has 0 aromatic carbocycles. The minimum Gasteiger partial charge on any atom is -0.394 e. The molecule has 1 amide bonds. The van der Waals surface area contributed by atoms with Crippen LogP contribution in [0.5, 0.6) is 0 Å². The van der Waals surface area contributed by atoms with Crippen molar-refractivity contribution in [1.29, 1.82) is 0 Å². The summed E-state index contributed by atoms with van der Waals surface area (Å²) >= 11 is 0.713. The Bertz CT molecular complexity index is 317. The normalized spacial score (nSPS) is 32.9. The molecular formula is C13H25NO6S. The summed E-state index contributed by atoms with van der Waals surface area (Å²) in [5.74, 6) is 0. The van der Waals surface area contributed by atoms with Crippen LogP contribution in [0.4, 0.5) is 4.79 Å². The van der Waals surface area contributed by atoms with E-state index < -0.39 is 36.5 Å². The lowest BCUT2D eigenvalue weighted by Gasteiger charge is -2.39. The van der Waals surface area contributed by atoms with Crippen LogP contribution in [-0.2, 0) is 4.74 Å². The molecule has 0 aromatic rings. The van der Waals surface area contributed by atoms with Crippen molar-refractivity contribution < 1.29 is 30.0 Å². The maximum Gasteiger partial charge on any atom is 0.281 e. The molecule has 1 fully saturated rings. The fourth-order valence-corrected chi connectivity index (χ4v) is 2.95. The van der Waals surface area contributed by atoms with Gasteiger partial charge in [-0.15, -0.1) is 0 Å². The molecule has 0 bridgehead atoms. The van der Waals surface area contributed by atoms with Crippen molar-refractivity contribution in [2.24, 2.45) is 0 Å². The van der Waals surface area contributed by atoms with Gasteiger partial charge in [-0.3, -0.25) is 4.79 Å². The van der Waals surface area contributed by atoms with Crippen LogP contribution in [-0.4, -0.2) is 68.7 Å². The molecule has 0 spiro atoms. The molecule has 1 unspecified atom stereocenters. The number of unbranched alkanes of at least 4 members (excludes halogenated alkanes) is 3. The highest BCUT2D eigenvalue weighted by molar-refractivity contribution is 8.14. The minimum absolute atomic E-state index is 0.365. The van der Waals surface area contributed by atoms with Gasteiger partial charge in [-0.1, -0.05) is 26.2 Å². The lowest BCUT2D eigenvalue weighted by atomic mass is 10.0. The van der Waals surface area contributed by atoms with Gasteiger partial charge in [0.2, 0.25) is 0 Å². The third-order valence-electron chi connectivity index (χ3n) is 3.37. The summed E-state index contributed by atoms with van der Waals surface area (Å²) in [5.41, 5.74) is -1.02. The van der Waals surface area contributed by atoms with Gasteiger partial charge in [0.25, 0.3) is 5.24 Å². The van der Waals surface area contributed by atoms with E-state index in [2.05, 4.69) is 12.2 Å². The molecular weight excluding hydrogens is 298 g/mol. The first-order valence-electron chi connectivity index (χ1n) is 7.26. The molecule has 1 aliphatic heterocycles. The number of carbonyl (C=O) groups is 1. The average Bonchev–Trinajstić information content (AvgIpc) is 2.47. The van der Waals surface area contributed by atoms with Crippen molar-refractivity contribution >= 4 is 17.0 Å². The largest absolute Gasteiger partial charge is 0.394 e. The first kappa shape index (κ1) is 18.7. The van der Waals surface area contributed by atoms with Crippen LogP contribution in [0, 0.1) is 0 Å². The van der Waals surface area contributed by atoms with E-state index in [0.29, 0.717) is 18.3 Å². The number of nitrogens with one attached hydrogen (secondary N) is 1. The van der Waals surface area contributed by atoms with Crippen LogP contribution in [0.3, 0.4) is 0 Å². The minimum atomic E-state index is -1.45. The molecule has 7 nitrogen and oxygen atoms in total. The van der Waals surface area contributed by atoms with Gasteiger partial charge in [-0.2, -0.15) is 0 Å². The Morgan fingerprint density at radius 1 is 1.14 bits per heavy atom. The SMILES string of the molecule is CCCCCCNC(=O)SC1O[C@H](CO)[C@@H](O)[C@H](O)[C@@H]1O. The van der Waals surface area contributed by atoms with E-state index >= 15 is 0 Å². The molecule has 1 rings (SSSR count). The number of rotatable bonds is 7. The average molecular weight is 323 g/mol. The Labute approximate surface area is 128 Å². The summed E-state index contributed by atoms with van der Waals surface area (Å²) in [6.45, 7) is 2.15. The zero-order valence-electron chi connectivity index (χ0n) is 12.1. The molecule has 0 saturated carbocycles. The van der Waals surface area contributed by atoms with E-state index in [4.69, 9.17) is 9.84 Å². The highest BCUT2D eigenvalue weighted by Gasteiger charge is 2.44. The highest BCUT2D eigenvalue weighted by Crippen LogP contribution is 2.28. The standard InChI is InChI=1S/C13H25NO6S/c1-2-3-4-5-6-14-13(19)21-12-11(18)10(17)9(16)8(7-15)20-12/h8-12,15-18H,2-7H2,1H3,(H,14,19)/t8-,9-,10+,11+,12?/m1/s1. The Morgan fingerprint density at radius 3 is 2.48 bits per heavy atom. The predicted molar refractivity (Wildman–Crippen MR) is 78.9 cm³/mol. The van der Waals surface area contributed by atoms with Crippen molar-refractivity contribution in [3.63, 3.8) is 0 Å². The number of thioether (sulfide) groups is 1. The molecule has 5 N–H and O–H groups in total. The number of hydrogen-bond acceptors (Lipinski definition) is 7. The van der Waals surface area contributed by atoms with Gasteiger partial charge in [0.1, 0.15) is 29.9 Å². The molecule has 1 aliphatic rings. The second-order valence-corrected chi connectivity index (χ2v) is 6.16. The molecule has 8 heteroatoms. The van der Waals surface area contributed by atoms with Crippen LogP contribution in [0.15, 0.2) is 0 Å². The summed E-state index contributed by atoms with van der Waals surface area (Å²) in [5, 5.41) is 40.4. The summed E-state index contributed by atoms with van der Waals surface area (Å²) in [6, 6.07) is 0. The molecule has 5 atom stereocenters. The van der Waals surface area contributed by atoms with E-state index in [0.717, 1.165) is 25.7 Å². The number of ether oxygens (including phenoxy) is 1. The lowest BCUT2D eigenvalue weighted by Crippen LogP contribution is -2.57. The number of aliphatic hydroxyl groups is 4. The quantitative estimate of drug-likeness (QED) is 0.412. The van der Waals surface area contributed by atoms with Gasteiger partial charge in [0.05, 0.1) is 6.61 Å². The van der Waals surface area contributed by atoms with Crippen molar-refractivity contribution in [3.05, 3.63) is 0 Å². The summed E-state index contributed by atoms with van der Waals surface area (Å²) in [4.78, 5) is 11.7. The van der Waals surface area contributed by atoms with Gasteiger partial charge in [0.15, 0.2) is 0 Å². The zero-order valence-corrected chi connectivity index (χ0v) is 13.0. The first-order valence-corrected chi connectivity index (χ1v) is 8.14. The zero-order chi connectivity index (χ0) is 15.8. The molecule has 0 aliphatic carbocycles. The molecule has 1 heterocycles. The van der Waals surface area contributed by atoms with Gasteiger partial charge >= 0.3 is 0 Å². The second kappa shape index (κ2) is 9.60. The maximum absolute atomic E-state index is 11.7. The van der Waals surface area contributed by atoms with Crippen molar-refractivity contribution in [1.82, 2.24) is 5.32 Å². The van der Waals surface area contributed by atoms with Crippen LogP contribution >= 0.6 is 11.8 Å². The van der Waals surface area contributed by atoms with Crippen LogP contribution < -0.4 is 5.32 Å². The van der Waals surface area contributed by atoms with Crippen LogP contribution in [0.1, 0.15) is 32.6 Å².